The fraction of sp³-hybridized carbons (Fsp3) is 0.556. The van der Waals surface area contributed by atoms with Crippen LogP contribution in [0.25, 0.3) is 9.40 Å². The van der Waals surface area contributed by atoms with Gasteiger partial charge >= 0.3 is 0 Å². The SMILES string of the molecule is CCc1cc2cc(C(=O)N3CCCC(C(=O)NC(C)C)C3)sc2s1. The smallest absolute Gasteiger partial charge is 0.264 e. The van der Waals surface area contributed by atoms with Gasteiger partial charge in [0.1, 0.15) is 0 Å². The molecule has 1 fully saturated rings. The number of rotatable bonds is 4. The standard InChI is InChI=1S/C18H24N2O2S2/c1-4-14-8-13-9-15(24-18(13)23-14)17(22)20-7-5-6-12(10-20)16(21)19-11(2)3/h8-9,11-12H,4-7,10H2,1-3H3,(H,19,21). The minimum atomic E-state index is -0.0853. The second-order valence-electron chi connectivity index (χ2n) is 6.67. The highest BCUT2D eigenvalue weighted by molar-refractivity contribution is 7.39. The van der Waals surface area contributed by atoms with Crippen LogP contribution in [0.4, 0.5) is 0 Å². The van der Waals surface area contributed by atoms with E-state index in [-0.39, 0.29) is 23.8 Å². The van der Waals surface area contributed by atoms with Crippen LogP contribution in [0.1, 0.15) is 48.2 Å². The van der Waals surface area contributed by atoms with Gasteiger partial charge in [0.05, 0.1) is 14.8 Å². The molecule has 0 aliphatic carbocycles. The maximum absolute atomic E-state index is 12.8. The number of piperidine rings is 1. The van der Waals surface area contributed by atoms with E-state index in [0.29, 0.717) is 6.54 Å². The van der Waals surface area contributed by atoms with Crippen LogP contribution in [-0.4, -0.2) is 35.8 Å². The first-order chi connectivity index (χ1) is 11.5. The molecule has 1 atom stereocenters. The lowest BCUT2D eigenvalue weighted by Gasteiger charge is -2.32. The fourth-order valence-electron chi connectivity index (χ4n) is 3.10. The van der Waals surface area contributed by atoms with E-state index in [2.05, 4.69) is 18.3 Å². The van der Waals surface area contributed by atoms with E-state index in [4.69, 9.17) is 0 Å². The Morgan fingerprint density at radius 3 is 2.79 bits per heavy atom. The van der Waals surface area contributed by atoms with Gasteiger partial charge < -0.3 is 10.2 Å². The van der Waals surface area contributed by atoms with Crippen LogP contribution in [0.2, 0.25) is 0 Å². The number of hydrogen-bond acceptors (Lipinski definition) is 4. The zero-order chi connectivity index (χ0) is 17.3. The molecule has 0 saturated carbocycles. The molecule has 1 N–H and O–H groups in total. The van der Waals surface area contributed by atoms with Crippen molar-refractivity contribution in [3.8, 4) is 0 Å². The number of aryl methyl sites for hydroxylation is 1. The summed E-state index contributed by atoms with van der Waals surface area (Å²) in [5, 5.41) is 4.15. The molecule has 2 aromatic rings. The monoisotopic (exact) mass is 364 g/mol. The van der Waals surface area contributed by atoms with Crippen molar-refractivity contribution >= 4 is 43.9 Å². The molecule has 3 rings (SSSR count). The van der Waals surface area contributed by atoms with Crippen molar-refractivity contribution in [2.45, 2.75) is 46.1 Å². The lowest BCUT2D eigenvalue weighted by atomic mass is 9.96. The maximum Gasteiger partial charge on any atom is 0.264 e. The van der Waals surface area contributed by atoms with E-state index in [1.54, 1.807) is 22.7 Å². The Bertz CT molecular complexity index is 716. The third kappa shape index (κ3) is 3.64. The second-order valence-corrected chi connectivity index (χ2v) is 9.12. The zero-order valence-corrected chi connectivity index (χ0v) is 16.1. The summed E-state index contributed by atoms with van der Waals surface area (Å²) in [6.07, 6.45) is 2.79. The van der Waals surface area contributed by atoms with Gasteiger partial charge in [-0.05, 0) is 45.2 Å². The lowest BCUT2D eigenvalue weighted by Crippen LogP contribution is -2.46. The number of nitrogens with one attached hydrogen (secondary N) is 1. The van der Waals surface area contributed by atoms with E-state index in [9.17, 15) is 9.59 Å². The molecule has 0 bridgehead atoms. The number of thiophene rings is 2. The van der Waals surface area contributed by atoms with E-state index < -0.39 is 0 Å². The van der Waals surface area contributed by atoms with Crippen LogP contribution < -0.4 is 5.32 Å². The lowest BCUT2D eigenvalue weighted by molar-refractivity contribution is -0.126. The Morgan fingerprint density at radius 2 is 2.12 bits per heavy atom. The Hall–Kier alpha value is -1.40. The van der Waals surface area contributed by atoms with Gasteiger partial charge in [-0.3, -0.25) is 9.59 Å². The van der Waals surface area contributed by atoms with Crippen molar-refractivity contribution in [1.82, 2.24) is 10.2 Å². The molecule has 2 aromatic heterocycles. The number of carbonyl (C=O) groups excluding carboxylic acids is 2. The highest BCUT2D eigenvalue weighted by Crippen LogP contribution is 2.34. The number of hydrogen-bond donors (Lipinski definition) is 1. The van der Waals surface area contributed by atoms with Crippen molar-refractivity contribution in [2.24, 2.45) is 5.92 Å². The fourth-order valence-corrected chi connectivity index (χ4v) is 5.50. The van der Waals surface area contributed by atoms with Gasteiger partial charge in [-0.25, -0.2) is 0 Å². The van der Waals surface area contributed by atoms with Gasteiger partial charge in [0, 0.05) is 29.4 Å². The predicted molar refractivity (Wildman–Crippen MR) is 101 cm³/mol. The van der Waals surface area contributed by atoms with Gasteiger partial charge in [0.2, 0.25) is 5.91 Å². The first-order valence-corrected chi connectivity index (χ1v) is 10.2. The molecule has 4 nitrogen and oxygen atoms in total. The van der Waals surface area contributed by atoms with Gasteiger partial charge in [-0.2, -0.15) is 0 Å². The van der Waals surface area contributed by atoms with Crippen LogP contribution in [-0.2, 0) is 11.2 Å². The van der Waals surface area contributed by atoms with Gasteiger partial charge in [0.15, 0.2) is 0 Å². The second kappa shape index (κ2) is 7.23. The molecular formula is C18H24N2O2S2. The normalized spacial score (nSPS) is 18.3. The molecule has 2 amide bonds. The zero-order valence-electron chi connectivity index (χ0n) is 14.4. The predicted octanol–water partition coefficient (Wildman–Crippen LogP) is 3.90. The Morgan fingerprint density at radius 1 is 1.33 bits per heavy atom. The molecule has 1 aliphatic heterocycles. The summed E-state index contributed by atoms with van der Waals surface area (Å²) >= 11 is 3.36. The number of carbonyl (C=O) groups is 2. The van der Waals surface area contributed by atoms with Gasteiger partial charge in [-0.15, -0.1) is 22.7 Å². The summed E-state index contributed by atoms with van der Waals surface area (Å²) < 4.78 is 1.22. The first kappa shape index (κ1) is 17.4. The van der Waals surface area contributed by atoms with Crippen LogP contribution in [0.3, 0.4) is 0 Å². The Balaban J connectivity index is 1.70. The minimum absolute atomic E-state index is 0.0715. The van der Waals surface area contributed by atoms with E-state index in [1.165, 1.54) is 14.3 Å². The first-order valence-electron chi connectivity index (χ1n) is 8.59. The quantitative estimate of drug-likeness (QED) is 0.894. The molecule has 6 heteroatoms. The van der Waals surface area contributed by atoms with E-state index >= 15 is 0 Å². The van der Waals surface area contributed by atoms with Gasteiger partial charge in [-0.1, -0.05) is 6.92 Å². The third-order valence-electron chi connectivity index (χ3n) is 4.33. The summed E-state index contributed by atoms with van der Waals surface area (Å²) in [6.45, 7) is 7.36. The Labute approximate surface area is 150 Å². The highest BCUT2D eigenvalue weighted by Gasteiger charge is 2.29. The van der Waals surface area contributed by atoms with Crippen molar-refractivity contribution in [2.75, 3.05) is 13.1 Å². The molecule has 130 valence electrons. The maximum atomic E-state index is 12.8. The average molecular weight is 365 g/mol. The van der Waals surface area contributed by atoms with Crippen LogP contribution in [0.5, 0.6) is 0 Å². The van der Waals surface area contributed by atoms with Crippen molar-refractivity contribution in [3.05, 3.63) is 21.9 Å². The Kier molecular flexibility index (Phi) is 5.25. The summed E-state index contributed by atoms with van der Waals surface area (Å²) in [7, 11) is 0. The van der Waals surface area contributed by atoms with Crippen molar-refractivity contribution < 1.29 is 9.59 Å². The summed E-state index contributed by atoms with van der Waals surface area (Å²) in [4.78, 5) is 29.1. The van der Waals surface area contributed by atoms with Crippen LogP contribution >= 0.6 is 22.7 Å². The number of fused-ring (bicyclic) bond motifs is 1. The molecule has 24 heavy (non-hydrogen) atoms. The molecular weight excluding hydrogens is 340 g/mol. The summed E-state index contributed by atoms with van der Waals surface area (Å²) in [6, 6.07) is 4.33. The largest absolute Gasteiger partial charge is 0.354 e. The van der Waals surface area contributed by atoms with Crippen molar-refractivity contribution in [3.63, 3.8) is 0 Å². The van der Waals surface area contributed by atoms with Crippen LogP contribution in [0, 0.1) is 5.92 Å². The number of nitrogens with zero attached hydrogens (tertiary/aromatic N) is 1. The number of likely N-dealkylation sites (tertiary alicyclic amines) is 1. The van der Waals surface area contributed by atoms with Crippen LogP contribution in [0.15, 0.2) is 12.1 Å². The summed E-state index contributed by atoms with van der Waals surface area (Å²) in [5.74, 6) is 0.0589. The molecule has 0 aromatic carbocycles. The van der Waals surface area contributed by atoms with E-state index in [0.717, 1.165) is 30.7 Å². The van der Waals surface area contributed by atoms with E-state index in [1.807, 2.05) is 24.8 Å². The number of amides is 2. The van der Waals surface area contributed by atoms with Gasteiger partial charge in [0.25, 0.3) is 5.91 Å². The molecule has 1 unspecified atom stereocenters. The third-order valence-corrected chi connectivity index (χ3v) is 6.86. The topological polar surface area (TPSA) is 49.4 Å². The molecule has 0 radical (unpaired) electrons. The average Bonchev–Trinajstić information content (AvgIpc) is 3.12. The highest BCUT2D eigenvalue weighted by atomic mass is 32.2. The molecule has 1 aliphatic rings. The summed E-state index contributed by atoms with van der Waals surface area (Å²) in [5.41, 5.74) is 0. The molecule has 0 spiro atoms. The molecule has 3 heterocycles. The molecule has 1 saturated heterocycles. The van der Waals surface area contributed by atoms with Crippen molar-refractivity contribution in [1.29, 1.82) is 0 Å². The minimum Gasteiger partial charge on any atom is -0.354 e.